The molecule has 0 heterocycles. The van der Waals surface area contributed by atoms with Crippen LogP contribution in [0.15, 0.2) is 24.3 Å². The van der Waals surface area contributed by atoms with Crippen LogP contribution < -0.4 is 5.73 Å². The molecule has 0 aliphatic rings. The number of carbonyl (C=O) groups excluding carboxylic acids is 1. The van der Waals surface area contributed by atoms with E-state index in [2.05, 4.69) is 0 Å². The lowest BCUT2D eigenvalue weighted by atomic mass is 10.1. The number of carbonyl (C=O) groups is 2. The van der Waals surface area contributed by atoms with E-state index in [-0.39, 0.29) is 10.5 Å². The second-order valence-corrected chi connectivity index (χ2v) is 4.41. The van der Waals surface area contributed by atoms with Gasteiger partial charge in [-0.2, -0.15) is 13.2 Å². The maximum atomic E-state index is 12.4. The molecule has 1 rings (SSSR count). The van der Waals surface area contributed by atoms with Crippen LogP contribution >= 0.6 is 0 Å². The standard InChI is InChI=1S/C13H15F3N2O3/c14-13(15,16)8-18(7-11(19)20)12(21)10-3-1-9(2-4-10)5-6-17/h1-4H,5-8,17H2,(H,19,20). The average Bonchev–Trinajstić information content (AvgIpc) is 2.36. The topological polar surface area (TPSA) is 83.6 Å². The van der Waals surface area contributed by atoms with E-state index in [1.54, 1.807) is 12.1 Å². The molecule has 116 valence electrons. The lowest BCUT2D eigenvalue weighted by Gasteiger charge is -2.22. The molecular weight excluding hydrogens is 289 g/mol. The van der Waals surface area contributed by atoms with Gasteiger partial charge in [0, 0.05) is 5.56 Å². The number of nitrogens with zero attached hydrogens (tertiary/aromatic N) is 1. The first-order valence-corrected chi connectivity index (χ1v) is 6.10. The van der Waals surface area contributed by atoms with E-state index >= 15 is 0 Å². The van der Waals surface area contributed by atoms with Gasteiger partial charge < -0.3 is 15.7 Å². The molecule has 1 aromatic carbocycles. The molecule has 8 heteroatoms. The van der Waals surface area contributed by atoms with Gasteiger partial charge in [-0.25, -0.2) is 0 Å². The van der Waals surface area contributed by atoms with Crippen molar-refractivity contribution in [3.8, 4) is 0 Å². The molecule has 1 amide bonds. The number of carboxylic acid groups (broad SMARTS) is 1. The van der Waals surface area contributed by atoms with E-state index in [9.17, 15) is 22.8 Å². The zero-order valence-corrected chi connectivity index (χ0v) is 11.1. The van der Waals surface area contributed by atoms with Gasteiger partial charge in [0.1, 0.15) is 13.1 Å². The molecule has 0 spiro atoms. The van der Waals surface area contributed by atoms with E-state index in [1.165, 1.54) is 12.1 Å². The normalized spacial score (nSPS) is 11.2. The summed E-state index contributed by atoms with van der Waals surface area (Å²) in [5, 5.41) is 8.62. The Morgan fingerprint density at radius 2 is 1.76 bits per heavy atom. The molecule has 0 bridgehead atoms. The number of nitrogens with two attached hydrogens (primary N) is 1. The monoisotopic (exact) mass is 304 g/mol. The third kappa shape index (κ3) is 5.82. The van der Waals surface area contributed by atoms with Crippen LogP contribution in [0.4, 0.5) is 13.2 Å². The number of amides is 1. The zero-order chi connectivity index (χ0) is 16.0. The Balaban J connectivity index is 2.90. The summed E-state index contributed by atoms with van der Waals surface area (Å²) in [5.74, 6) is -2.48. The van der Waals surface area contributed by atoms with E-state index in [4.69, 9.17) is 10.8 Å². The van der Waals surface area contributed by atoms with Crippen LogP contribution in [0.25, 0.3) is 0 Å². The fourth-order valence-corrected chi connectivity index (χ4v) is 1.74. The third-order valence-corrected chi connectivity index (χ3v) is 2.62. The summed E-state index contributed by atoms with van der Waals surface area (Å²) in [6.45, 7) is -2.21. The maximum Gasteiger partial charge on any atom is 0.406 e. The van der Waals surface area contributed by atoms with Crippen molar-refractivity contribution in [3.63, 3.8) is 0 Å². The van der Waals surface area contributed by atoms with Crippen molar-refractivity contribution in [2.75, 3.05) is 19.6 Å². The number of hydrogen-bond donors (Lipinski definition) is 2. The molecule has 0 saturated carbocycles. The first-order chi connectivity index (χ1) is 9.73. The number of aliphatic carboxylic acids is 1. The van der Waals surface area contributed by atoms with Crippen molar-refractivity contribution in [1.29, 1.82) is 0 Å². The highest BCUT2D eigenvalue weighted by atomic mass is 19.4. The van der Waals surface area contributed by atoms with Crippen molar-refractivity contribution in [3.05, 3.63) is 35.4 Å². The van der Waals surface area contributed by atoms with Crippen LogP contribution in [0.3, 0.4) is 0 Å². The summed E-state index contributed by atoms with van der Waals surface area (Å²) in [6.07, 6.45) is -4.08. The van der Waals surface area contributed by atoms with Crippen molar-refractivity contribution in [1.82, 2.24) is 4.90 Å². The molecular formula is C13H15F3N2O3. The highest BCUT2D eigenvalue weighted by Crippen LogP contribution is 2.18. The van der Waals surface area contributed by atoms with Crippen LogP contribution in [0.1, 0.15) is 15.9 Å². The molecule has 21 heavy (non-hydrogen) atoms. The quantitative estimate of drug-likeness (QED) is 0.829. The van der Waals surface area contributed by atoms with Crippen molar-refractivity contribution >= 4 is 11.9 Å². The molecule has 0 radical (unpaired) electrons. The SMILES string of the molecule is NCCc1ccc(C(=O)N(CC(=O)O)CC(F)(F)F)cc1. The molecule has 0 fully saturated rings. The van der Waals surface area contributed by atoms with E-state index in [0.717, 1.165) is 5.56 Å². The number of hydrogen-bond acceptors (Lipinski definition) is 3. The molecule has 1 aromatic rings. The fourth-order valence-electron chi connectivity index (χ4n) is 1.74. The molecule has 0 saturated heterocycles. The van der Waals surface area contributed by atoms with Crippen LogP contribution in [0.2, 0.25) is 0 Å². The second-order valence-electron chi connectivity index (χ2n) is 4.41. The summed E-state index contributed by atoms with van der Waals surface area (Å²) in [5.41, 5.74) is 6.21. The Bertz CT molecular complexity index is 500. The number of halogens is 3. The largest absolute Gasteiger partial charge is 0.480 e. The van der Waals surface area contributed by atoms with Crippen LogP contribution in [-0.2, 0) is 11.2 Å². The lowest BCUT2D eigenvalue weighted by molar-refractivity contribution is -0.149. The summed E-state index contributed by atoms with van der Waals surface area (Å²) in [6, 6.07) is 5.87. The number of rotatable bonds is 6. The first kappa shape index (κ1) is 17.0. The van der Waals surface area contributed by atoms with Gasteiger partial charge in [-0.3, -0.25) is 9.59 Å². The molecule has 0 atom stereocenters. The van der Waals surface area contributed by atoms with Gasteiger partial charge in [0.2, 0.25) is 0 Å². The summed E-state index contributed by atoms with van der Waals surface area (Å²) >= 11 is 0. The highest BCUT2D eigenvalue weighted by Gasteiger charge is 2.34. The minimum absolute atomic E-state index is 0.00118. The maximum absolute atomic E-state index is 12.4. The van der Waals surface area contributed by atoms with Crippen molar-refractivity contribution < 1.29 is 27.9 Å². The number of carboxylic acids is 1. The minimum atomic E-state index is -4.66. The van der Waals surface area contributed by atoms with E-state index < -0.39 is 31.1 Å². The van der Waals surface area contributed by atoms with Crippen LogP contribution in [0.5, 0.6) is 0 Å². The summed E-state index contributed by atoms with van der Waals surface area (Å²) in [7, 11) is 0. The van der Waals surface area contributed by atoms with Gasteiger partial charge in [-0.05, 0) is 30.7 Å². The van der Waals surface area contributed by atoms with E-state index in [0.29, 0.717) is 13.0 Å². The molecule has 0 aliphatic carbocycles. The Morgan fingerprint density at radius 1 is 1.19 bits per heavy atom. The second kappa shape index (κ2) is 7.07. The molecule has 0 unspecified atom stereocenters. The van der Waals surface area contributed by atoms with E-state index in [1.807, 2.05) is 0 Å². The summed E-state index contributed by atoms with van der Waals surface area (Å²) < 4.78 is 37.2. The Kier molecular flexibility index (Phi) is 5.71. The molecule has 0 aliphatic heterocycles. The minimum Gasteiger partial charge on any atom is -0.480 e. The zero-order valence-electron chi connectivity index (χ0n) is 11.1. The first-order valence-electron chi connectivity index (χ1n) is 6.10. The third-order valence-electron chi connectivity index (χ3n) is 2.62. The average molecular weight is 304 g/mol. The van der Waals surface area contributed by atoms with Crippen LogP contribution in [0, 0.1) is 0 Å². The van der Waals surface area contributed by atoms with Gasteiger partial charge >= 0.3 is 12.1 Å². The molecule has 0 aromatic heterocycles. The number of alkyl halides is 3. The molecule has 5 nitrogen and oxygen atoms in total. The van der Waals surface area contributed by atoms with Gasteiger partial charge in [-0.1, -0.05) is 12.1 Å². The predicted molar refractivity (Wildman–Crippen MR) is 68.8 cm³/mol. The van der Waals surface area contributed by atoms with Gasteiger partial charge in [0.15, 0.2) is 0 Å². The Labute approximate surface area is 119 Å². The van der Waals surface area contributed by atoms with Gasteiger partial charge in [0.25, 0.3) is 5.91 Å². The highest BCUT2D eigenvalue weighted by molar-refractivity contribution is 5.95. The van der Waals surface area contributed by atoms with Crippen molar-refractivity contribution in [2.45, 2.75) is 12.6 Å². The Morgan fingerprint density at radius 3 is 2.19 bits per heavy atom. The molecule has 3 N–H and O–H groups in total. The Hall–Kier alpha value is -2.09. The smallest absolute Gasteiger partial charge is 0.406 e. The van der Waals surface area contributed by atoms with Gasteiger partial charge in [0.05, 0.1) is 0 Å². The number of benzene rings is 1. The van der Waals surface area contributed by atoms with Crippen molar-refractivity contribution in [2.24, 2.45) is 5.73 Å². The fraction of sp³-hybridized carbons (Fsp3) is 0.385. The summed E-state index contributed by atoms with van der Waals surface area (Å²) in [4.78, 5) is 22.8. The van der Waals surface area contributed by atoms with Crippen LogP contribution in [-0.4, -0.2) is 47.7 Å². The lowest BCUT2D eigenvalue weighted by Crippen LogP contribution is -2.42. The van der Waals surface area contributed by atoms with Gasteiger partial charge in [-0.15, -0.1) is 0 Å². The predicted octanol–water partition coefficient (Wildman–Crippen LogP) is 1.28.